The van der Waals surface area contributed by atoms with E-state index in [2.05, 4.69) is 38.3 Å². The van der Waals surface area contributed by atoms with Gasteiger partial charge in [-0.25, -0.2) is 4.98 Å². The Balaban J connectivity index is 2.34. The zero-order chi connectivity index (χ0) is 13.1. The molecule has 0 spiro atoms. The highest BCUT2D eigenvalue weighted by atomic mass is 32.1. The number of aliphatic hydroxyl groups is 1. The number of thiazole rings is 1. The van der Waals surface area contributed by atoms with Crippen LogP contribution in [-0.2, 0) is 0 Å². The first-order valence-electron chi connectivity index (χ1n) is 6.25. The van der Waals surface area contributed by atoms with Crippen LogP contribution in [0.5, 0.6) is 0 Å². The molecule has 1 aromatic heterocycles. The lowest BCUT2D eigenvalue weighted by molar-refractivity contribution is 0.237. The Morgan fingerprint density at radius 2 is 2.00 bits per heavy atom. The van der Waals surface area contributed by atoms with E-state index in [9.17, 15) is 5.11 Å². The molecule has 1 aromatic carbocycles. The number of aliphatic hydroxyl groups excluding tert-OH is 1. The van der Waals surface area contributed by atoms with Gasteiger partial charge in [0.2, 0.25) is 0 Å². The molecule has 2 aromatic rings. The molecule has 1 atom stereocenters. The van der Waals surface area contributed by atoms with Gasteiger partial charge in [0.05, 0.1) is 17.3 Å². The second-order valence-electron chi connectivity index (χ2n) is 4.92. The summed E-state index contributed by atoms with van der Waals surface area (Å²) in [6, 6.07) is 8.27. The van der Waals surface area contributed by atoms with Gasteiger partial charge in [0.25, 0.3) is 0 Å². The summed E-state index contributed by atoms with van der Waals surface area (Å²) >= 11 is 1.64. The van der Waals surface area contributed by atoms with Crippen LogP contribution in [0.4, 0.5) is 0 Å². The molecule has 0 aliphatic rings. The summed E-state index contributed by atoms with van der Waals surface area (Å²) in [5, 5.41) is 12.6. The van der Waals surface area contributed by atoms with Gasteiger partial charge in [-0.3, -0.25) is 0 Å². The number of aromatic nitrogens is 1. The van der Waals surface area contributed by atoms with E-state index in [1.807, 2.05) is 12.1 Å². The van der Waals surface area contributed by atoms with Crippen LogP contribution in [0.15, 0.2) is 29.6 Å². The van der Waals surface area contributed by atoms with Crippen molar-refractivity contribution < 1.29 is 5.11 Å². The first kappa shape index (κ1) is 13.2. The fourth-order valence-corrected chi connectivity index (χ4v) is 3.10. The van der Waals surface area contributed by atoms with Crippen LogP contribution in [0, 0.1) is 12.8 Å². The molecule has 0 saturated carbocycles. The molecule has 0 radical (unpaired) electrons. The molecular formula is C15H19NOS. The molecule has 96 valence electrons. The highest BCUT2D eigenvalue weighted by molar-refractivity contribution is 7.10. The van der Waals surface area contributed by atoms with E-state index in [1.54, 1.807) is 11.3 Å². The summed E-state index contributed by atoms with van der Waals surface area (Å²) < 4.78 is 0. The minimum absolute atomic E-state index is 0.146. The number of nitrogens with zero attached hydrogens (tertiary/aromatic N) is 1. The maximum atomic E-state index is 9.45. The molecule has 0 aliphatic heterocycles. The molecule has 0 aliphatic carbocycles. The predicted octanol–water partition coefficient (Wildman–Crippen LogP) is 3.85. The molecule has 1 unspecified atom stereocenters. The lowest BCUT2D eigenvalue weighted by Crippen LogP contribution is -2.10. The summed E-state index contributed by atoms with van der Waals surface area (Å²) in [5.41, 5.74) is 3.44. The Labute approximate surface area is 112 Å². The van der Waals surface area contributed by atoms with Crippen LogP contribution in [0.3, 0.4) is 0 Å². The fourth-order valence-electron chi connectivity index (χ4n) is 2.02. The monoisotopic (exact) mass is 261 g/mol. The minimum atomic E-state index is 0.146. The minimum Gasteiger partial charge on any atom is -0.396 e. The summed E-state index contributed by atoms with van der Waals surface area (Å²) in [6.45, 7) is 6.50. The lowest BCUT2D eigenvalue weighted by atomic mass is 9.97. The number of hydrogen-bond acceptors (Lipinski definition) is 3. The zero-order valence-corrected chi connectivity index (χ0v) is 11.9. The number of benzene rings is 1. The summed E-state index contributed by atoms with van der Waals surface area (Å²) in [6.07, 6.45) is 0. The van der Waals surface area contributed by atoms with Gasteiger partial charge < -0.3 is 5.11 Å². The molecule has 1 N–H and O–H groups in total. The van der Waals surface area contributed by atoms with Crippen LogP contribution < -0.4 is 0 Å². The van der Waals surface area contributed by atoms with E-state index in [0.29, 0.717) is 5.92 Å². The summed E-state index contributed by atoms with van der Waals surface area (Å²) in [4.78, 5) is 4.69. The highest BCUT2D eigenvalue weighted by Gasteiger charge is 2.19. The Bertz CT molecular complexity index is 519. The van der Waals surface area contributed by atoms with Gasteiger partial charge in [0.1, 0.15) is 0 Å². The van der Waals surface area contributed by atoms with Crippen LogP contribution in [-0.4, -0.2) is 16.7 Å². The average molecular weight is 261 g/mol. The Hall–Kier alpha value is -1.19. The van der Waals surface area contributed by atoms with E-state index in [1.165, 1.54) is 11.1 Å². The maximum Gasteiger partial charge on any atom is 0.0989 e. The van der Waals surface area contributed by atoms with Gasteiger partial charge in [-0.1, -0.05) is 38.1 Å². The van der Waals surface area contributed by atoms with Crippen LogP contribution >= 0.6 is 11.3 Å². The van der Waals surface area contributed by atoms with Crippen molar-refractivity contribution in [3.05, 3.63) is 40.2 Å². The summed E-state index contributed by atoms with van der Waals surface area (Å²) in [7, 11) is 0. The van der Waals surface area contributed by atoms with Crippen molar-refractivity contribution in [3.63, 3.8) is 0 Å². The van der Waals surface area contributed by atoms with Gasteiger partial charge in [-0.2, -0.15) is 0 Å². The van der Waals surface area contributed by atoms with Crippen LogP contribution in [0.2, 0.25) is 0 Å². The molecule has 0 bridgehead atoms. The zero-order valence-electron chi connectivity index (χ0n) is 11.1. The lowest BCUT2D eigenvalue weighted by Gasteiger charge is -2.14. The third-order valence-electron chi connectivity index (χ3n) is 3.26. The molecule has 1 heterocycles. The van der Waals surface area contributed by atoms with E-state index in [4.69, 9.17) is 4.98 Å². The van der Waals surface area contributed by atoms with Crippen molar-refractivity contribution in [2.75, 3.05) is 6.61 Å². The fraction of sp³-hybridized carbons (Fsp3) is 0.400. The number of aryl methyl sites for hydroxylation is 1. The highest BCUT2D eigenvalue weighted by Crippen LogP contribution is 2.31. The van der Waals surface area contributed by atoms with Gasteiger partial charge in [-0.05, 0) is 18.4 Å². The molecular weight excluding hydrogens is 242 g/mol. The Morgan fingerprint density at radius 1 is 1.28 bits per heavy atom. The largest absolute Gasteiger partial charge is 0.396 e. The molecule has 2 rings (SSSR count). The SMILES string of the molecule is Cc1ccccc1-c1csc(C(CO)C(C)C)n1. The molecule has 0 saturated heterocycles. The first-order valence-corrected chi connectivity index (χ1v) is 7.13. The molecule has 2 nitrogen and oxygen atoms in total. The normalized spacial score (nSPS) is 12.9. The Morgan fingerprint density at radius 3 is 2.61 bits per heavy atom. The van der Waals surface area contributed by atoms with Crippen molar-refractivity contribution >= 4 is 11.3 Å². The van der Waals surface area contributed by atoms with Crippen molar-refractivity contribution in [1.82, 2.24) is 4.98 Å². The van der Waals surface area contributed by atoms with E-state index in [0.717, 1.165) is 10.7 Å². The van der Waals surface area contributed by atoms with Gasteiger partial charge >= 0.3 is 0 Å². The third-order valence-corrected chi connectivity index (χ3v) is 4.24. The smallest absolute Gasteiger partial charge is 0.0989 e. The van der Waals surface area contributed by atoms with E-state index >= 15 is 0 Å². The van der Waals surface area contributed by atoms with E-state index in [-0.39, 0.29) is 12.5 Å². The van der Waals surface area contributed by atoms with E-state index < -0.39 is 0 Å². The second kappa shape index (κ2) is 5.63. The third kappa shape index (κ3) is 2.62. The molecule has 18 heavy (non-hydrogen) atoms. The molecule has 0 amide bonds. The van der Waals surface area contributed by atoms with Crippen LogP contribution in [0.25, 0.3) is 11.3 Å². The van der Waals surface area contributed by atoms with Gasteiger partial charge in [0, 0.05) is 16.9 Å². The van der Waals surface area contributed by atoms with Crippen LogP contribution in [0.1, 0.15) is 30.3 Å². The number of hydrogen-bond donors (Lipinski definition) is 1. The van der Waals surface area contributed by atoms with Crippen molar-refractivity contribution in [2.45, 2.75) is 26.7 Å². The predicted molar refractivity (Wildman–Crippen MR) is 77.0 cm³/mol. The number of rotatable bonds is 4. The van der Waals surface area contributed by atoms with Crippen molar-refractivity contribution in [1.29, 1.82) is 0 Å². The molecule has 3 heteroatoms. The molecule has 0 fully saturated rings. The first-order chi connectivity index (χ1) is 8.63. The average Bonchev–Trinajstić information content (AvgIpc) is 2.79. The van der Waals surface area contributed by atoms with Crippen molar-refractivity contribution in [3.8, 4) is 11.3 Å². The topological polar surface area (TPSA) is 33.1 Å². The quantitative estimate of drug-likeness (QED) is 0.906. The van der Waals surface area contributed by atoms with Crippen molar-refractivity contribution in [2.24, 2.45) is 5.92 Å². The second-order valence-corrected chi connectivity index (χ2v) is 5.81. The standard InChI is InChI=1S/C15H19NOS/c1-10(2)13(8-17)15-16-14(9-18-15)12-7-5-4-6-11(12)3/h4-7,9-10,13,17H,8H2,1-3H3. The maximum absolute atomic E-state index is 9.45. The van der Waals surface area contributed by atoms with Gasteiger partial charge in [0.15, 0.2) is 0 Å². The van der Waals surface area contributed by atoms with Gasteiger partial charge in [-0.15, -0.1) is 11.3 Å². The Kier molecular flexibility index (Phi) is 4.15. The summed E-state index contributed by atoms with van der Waals surface area (Å²) in [5.74, 6) is 0.554.